The highest BCUT2D eigenvalue weighted by atomic mass is 79.9. The normalized spacial score (nSPS) is 24.5. The summed E-state index contributed by atoms with van der Waals surface area (Å²) in [7, 11) is 1.65. The molecule has 2 rings (SSSR count). The van der Waals surface area contributed by atoms with Crippen LogP contribution in [0.1, 0.15) is 17.9 Å². The van der Waals surface area contributed by atoms with E-state index in [4.69, 9.17) is 4.74 Å². The van der Waals surface area contributed by atoms with Crippen molar-refractivity contribution in [2.24, 2.45) is 0 Å². The maximum Gasteiger partial charge on any atom is 0.122 e. The molecule has 0 fully saturated rings. The van der Waals surface area contributed by atoms with Gasteiger partial charge in [-0.15, -0.1) is 0 Å². The third-order valence-electron chi connectivity index (χ3n) is 2.73. The minimum Gasteiger partial charge on any atom is -0.496 e. The minimum atomic E-state index is -0.395. The number of allylic oxidation sites excluding steroid dienone is 1. The Morgan fingerprint density at radius 1 is 1.47 bits per heavy atom. The fraction of sp³-hybridized carbons (Fsp3) is 0.333. The van der Waals surface area contributed by atoms with Gasteiger partial charge in [0.15, 0.2) is 0 Å². The standard InChI is InChI=1S/C12H13BrO2/c1-15-12-6-5-8(13)7-10(12)9-3-2-4-11(9)14/h2,4-7,9,11,14H,3H2,1H3. The van der Waals surface area contributed by atoms with E-state index >= 15 is 0 Å². The van der Waals surface area contributed by atoms with Gasteiger partial charge in [0.05, 0.1) is 13.2 Å². The van der Waals surface area contributed by atoms with E-state index in [-0.39, 0.29) is 5.92 Å². The Labute approximate surface area is 97.7 Å². The second-order valence-electron chi connectivity index (χ2n) is 3.65. The van der Waals surface area contributed by atoms with Gasteiger partial charge in [-0.25, -0.2) is 0 Å². The molecule has 0 bridgehead atoms. The quantitative estimate of drug-likeness (QED) is 0.836. The molecule has 0 aromatic heterocycles. The van der Waals surface area contributed by atoms with E-state index in [1.165, 1.54) is 0 Å². The summed E-state index contributed by atoms with van der Waals surface area (Å²) in [6.07, 6.45) is 4.32. The summed E-state index contributed by atoms with van der Waals surface area (Å²) in [4.78, 5) is 0. The lowest BCUT2D eigenvalue weighted by atomic mass is 9.94. The summed E-state index contributed by atoms with van der Waals surface area (Å²) < 4.78 is 6.31. The van der Waals surface area contributed by atoms with Gasteiger partial charge in [-0.3, -0.25) is 0 Å². The van der Waals surface area contributed by atoms with E-state index in [0.717, 1.165) is 22.2 Å². The van der Waals surface area contributed by atoms with Crippen molar-refractivity contribution in [1.82, 2.24) is 0 Å². The molecule has 2 unspecified atom stereocenters. The van der Waals surface area contributed by atoms with E-state index in [1.807, 2.05) is 30.4 Å². The van der Waals surface area contributed by atoms with Crippen molar-refractivity contribution < 1.29 is 9.84 Å². The van der Waals surface area contributed by atoms with E-state index in [2.05, 4.69) is 15.9 Å². The van der Waals surface area contributed by atoms with Gasteiger partial charge in [0.1, 0.15) is 5.75 Å². The summed E-state index contributed by atoms with van der Waals surface area (Å²) in [5.74, 6) is 0.961. The van der Waals surface area contributed by atoms with Crippen LogP contribution in [0.5, 0.6) is 5.75 Å². The van der Waals surface area contributed by atoms with Crippen LogP contribution in [0.2, 0.25) is 0 Å². The Morgan fingerprint density at radius 2 is 2.27 bits per heavy atom. The van der Waals surface area contributed by atoms with Gasteiger partial charge in [-0.05, 0) is 24.6 Å². The summed E-state index contributed by atoms with van der Waals surface area (Å²) in [6.45, 7) is 0. The van der Waals surface area contributed by atoms with Crippen LogP contribution in [0.4, 0.5) is 0 Å². The Kier molecular flexibility index (Phi) is 3.12. The number of halogens is 1. The zero-order valence-corrected chi connectivity index (χ0v) is 10.1. The molecule has 80 valence electrons. The van der Waals surface area contributed by atoms with Crippen LogP contribution in [0.25, 0.3) is 0 Å². The Bertz CT molecular complexity index is 387. The van der Waals surface area contributed by atoms with Crippen molar-refractivity contribution in [3.05, 3.63) is 40.4 Å². The van der Waals surface area contributed by atoms with Gasteiger partial charge in [-0.1, -0.05) is 28.1 Å². The first-order valence-corrected chi connectivity index (χ1v) is 5.70. The number of aliphatic hydroxyl groups excluding tert-OH is 1. The number of rotatable bonds is 2. The molecule has 1 aromatic carbocycles. The first-order valence-electron chi connectivity index (χ1n) is 4.90. The fourth-order valence-electron chi connectivity index (χ4n) is 1.94. The van der Waals surface area contributed by atoms with E-state index in [9.17, 15) is 5.11 Å². The maximum absolute atomic E-state index is 9.80. The zero-order valence-electron chi connectivity index (χ0n) is 8.48. The van der Waals surface area contributed by atoms with E-state index in [0.29, 0.717) is 0 Å². The van der Waals surface area contributed by atoms with Gasteiger partial charge in [0.2, 0.25) is 0 Å². The monoisotopic (exact) mass is 268 g/mol. The smallest absolute Gasteiger partial charge is 0.122 e. The second kappa shape index (κ2) is 4.37. The number of hydrogen-bond donors (Lipinski definition) is 1. The largest absolute Gasteiger partial charge is 0.496 e. The number of benzene rings is 1. The molecule has 0 amide bonds. The van der Waals surface area contributed by atoms with Crippen LogP contribution >= 0.6 is 15.9 Å². The molecule has 3 heteroatoms. The van der Waals surface area contributed by atoms with Gasteiger partial charge in [-0.2, -0.15) is 0 Å². The van der Waals surface area contributed by atoms with Crippen LogP contribution < -0.4 is 4.74 Å². The van der Waals surface area contributed by atoms with Crippen LogP contribution in [0, 0.1) is 0 Å². The molecule has 1 aromatic rings. The average molecular weight is 269 g/mol. The molecule has 0 heterocycles. The van der Waals surface area contributed by atoms with Gasteiger partial charge in [0, 0.05) is 16.0 Å². The highest BCUT2D eigenvalue weighted by molar-refractivity contribution is 9.10. The highest BCUT2D eigenvalue weighted by Gasteiger charge is 2.25. The molecule has 2 atom stereocenters. The zero-order chi connectivity index (χ0) is 10.8. The Balaban J connectivity index is 2.37. The fourth-order valence-corrected chi connectivity index (χ4v) is 2.32. The van der Waals surface area contributed by atoms with Crippen molar-refractivity contribution in [2.45, 2.75) is 18.4 Å². The van der Waals surface area contributed by atoms with Crippen LogP contribution in [-0.4, -0.2) is 18.3 Å². The number of methoxy groups -OCH3 is 1. The summed E-state index contributed by atoms with van der Waals surface area (Å²) >= 11 is 3.43. The lowest BCUT2D eigenvalue weighted by Crippen LogP contribution is -2.12. The predicted octanol–water partition coefficient (Wildman–Crippen LogP) is 2.86. The first-order chi connectivity index (χ1) is 7.22. The molecule has 1 N–H and O–H groups in total. The lowest BCUT2D eigenvalue weighted by molar-refractivity contribution is 0.198. The van der Waals surface area contributed by atoms with Crippen molar-refractivity contribution in [3.63, 3.8) is 0 Å². The number of ether oxygens (including phenoxy) is 1. The Morgan fingerprint density at radius 3 is 2.87 bits per heavy atom. The molecule has 1 aliphatic carbocycles. The SMILES string of the molecule is COc1ccc(Br)cc1C1CC=CC1O. The molecular formula is C12H13BrO2. The van der Waals surface area contributed by atoms with Crippen molar-refractivity contribution in [3.8, 4) is 5.75 Å². The summed E-state index contributed by atoms with van der Waals surface area (Å²) in [5, 5.41) is 9.80. The lowest BCUT2D eigenvalue weighted by Gasteiger charge is -2.18. The summed E-state index contributed by atoms with van der Waals surface area (Å²) in [5.41, 5.74) is 1.06. The number of hydrogen-bond acceptors (Lipinski definition) is 2. The molecule has 0 saturated heterocycles. The van der Waals surface area contributed by atoms with Crippen molar-refractivity contribution >= 4 is 15.9 Å². The minimum absolute atomic E-state index is 0.123. The van der Waals surface area contributed by atoms with Gasteiger partial charge in [0.25, 0.3) is 0 Å². The topological polar surface area (TPSA) is 29.5 Å². The third-order valence-corrected chi connectivity index (χ3v) is 3.22. The molecule has 0 spiro atoms. The summed E-state index contributed by atoms with van der Waals surface area (Å²) in [6, 6.07) is 5.88. The van der Waals surface area contributed by atoms with E-state index < -0.39 is 6.10 Å². The molecule has 0 radical (unpaired) electrons. The van der Waals surface area contributed by atoms with Crippen LogP contribution in [0.15, 0.2) is 34.8 Å². The number of aliphatic hydroxyl groups is 1. The highest BCUT2D eigenvalue weighted by Crippen LogP contribution is 2.37. The van der Waals surface area contributed by atoms with Crippen molar-refractivity contribution in [2.75, 3.05) is 7.11 Å². The molecule has 2 nitrogen and oxygen atoms in total. The molecular weight excluding hydrogens is 256 g/mol. The Hall–Kier alpha value is -0.800. The van der Waals surface area contributed by atoms with Gasteiger partial charge >= 0.3 is 0 Å². The van der Waals surface area contributed by atoms with Crippen LogP contribution in [-0.2, 0) is 0 Å². The van der Waals surface area contributed by atoms with Crippen molar-refractivity contribution in [1.29, 1.82) is 0 Å². The van der Waals surface area contributed by atoms with Gasteiger partial charge < -0.3 is 9.84 Å². The molecule has 1 aliphatic rings. The molecule has 15 heavy (non-hydrogen) atoms. The molecule has 0 saturated carbocycles. The predicted molar refractivity (Wildman–Crippen MR) is 63.2 cm³/mol. The second-order valence-corrected chi connectivity index (χ2v) is 4.56. The first kappa shape index (κ1) is 10.7. The maximum atomic E-state index is 9.80. The van der Waals surface area contributed by atoms with Crippen LogP contribution in [0.3, 0.4) is 0 Å². The average Bonchev–Trinajstić information content (AvgIpc) is 2.64. The third kappa shape index (κ3) is 2.08. The van der Waals surface area contributed by atoms with E-state index in [1.54, 1.807) is 7.11 Å². The molecule has 0 aliphatic heterocycles.